The first-order valence-corrected chi connectivity index (χ1v) is 10.1. The minimum absolute atomic E-state index is 0.0482. The molecular weight excluding hydrogens is 368 g/mol. The summed E-state index contributed by atoms with van der Waals surface area (Å²) in [6, 6.07) is 13.3. The van der Waals surface area contributed by atoms with E-state index in [4.69, 9.17) is 9.47 Å². The molecule has 1 saturated heterocycles. The molecule has 1 fully saturated rings. The van der Waals surface area contributed by atoms with Crippen molar-refractivity contribution < 1.29 is 23.0 Å². The van der Waals surface area contributed by atoms with Crippen LogP contribution in [-0.2, 0) is 14.6 Å². The van der Waals surface area contributed by atoms with Crippen molar-refractivity contribution >= 4 is 16.3 Å². The number of benzene rings is 2. The fourth-order valence-electron chi connectivity index (χ4n) is 3.54. The molecule has 7 nitrogen and oxygen atoms in total. The molecule has 2 unspecified atom stereocenters. The molecular formula is C19H20N2O5S. The van der Waals surface area contributed by atoms with Gasteiger partial charge in [-0.25, -0.2) is 0 Å². The number of rotatable bonds is 3. The van der Waals surface area contributed by atoms with Crippen LogP contribution in [0.2, 0.25) is 0 Å². The van der Waals surface area contributed by atoms with Crippen LogP contribution < -0.4 is 14.8 Å². The third kappa shape index (κ3) is 3.20. The Morgan fingerprint density at radius 2 is 2.07 bits per heavy atom. The quantitative estimate of drug-likeness (QED) is 0.814. The molecule has 2 atom stereocenters. The number of hydrogen-bond donors (Lipinski definition) is 1. The maximum atomic E-state index is 13.1. The van der Waals surface area contributed by atoms with Gasteiger partial charge in [0, 0.05) is 19.0 Å². The van der Waals surface area contributed by atoms with E-state index in [9.17, 15) is 13.6 Å². The molecule has 2 heterocycles. The Morgan fingerprint density at radius 3 is 2.89 bits per heavy atom. The molecule has 27 heavy (non-hydrogen) atoms. The lowest BCUT2D eigenvalue weighted by atomic mass is 9.99. The molecule has 0 radical (unpaired) electrons. The monoisotopic (exact) mass is 388 g/mol. The fourth-order valence-corrected chi connectivity index (χ4v) is 5.10. The molecule has 2 aromatic carbocycles. The smallest absolute Gasteiger partial charge is 0.258 e. The van der Waals surface area contributed by atoms with Crippen LogP contribution in [0.15, 0.2) is 53.4 Å². The highest BCUT2D eigenvalue weighted by Gasteiger charge is 2.48. The Hall–Kier alpha value is -2.42. The number of amides is 1. The number of nitrogens with one attached hydrogen (secondary N) is 1. The average Bonchev–Trinajstić information content (AvgIpc) is 2.68. The third-order valence-electron chi connectivity index (χ3n) is 4.88. The number of hydrogen-bond acceptors (Lipinski definition) is 5. The molecule has 0 aromatic heterocycles. The van der Waals surface area contributed by atoms with E-state index in [0.717, 1.165) is 0 Å². The first-order valence-electron chi connectivity index (χ1n) is 8.68. The van der Waals surface area contributed by atoms with Crippen LogP contribution in [0.5, 0.6) is 11.5 Å². The van der Waals surface area contributed by atoms with Crippen molar-refractivity contribution in [2.24, 2.45) is 0 Å². The minimum atomic E-state index is -3.74. The van der Waals surface area contributed by atoms with Gasteiger partial charge < -0.3 is 19.3 Å². The van der Waals surface area contributed by atoms with Crippen LogP contribution >= 0.6 is 0 Å². The summed E-state index contributed by atoms with van der Waals surface area (Å²) >= 11 is 0. The normalized spacial score (nSPS) is 24.4. The zero-order valence-electron chi connectivity index (χ0n) is 14.8. The largest absolute Gasteiger partial charge is 0.593 e. The van der Waals surface area contributed by atoms with Gasteiger partial charge in [-0.1, -0.05) is 22.4 Å². The van der Waals surface area contributed by atoms with Gasteiger partial charge in [0.2, 0.25) is 0 Å². The van der Waals surface area contributed by atoms with Crippen LogP contribution in [0, 0.1) is 0 Å². The van der Waals surface area contributed by atoms with Gasteiger partial charge in [-0.05, 0) is 30.7 Å². The molecule has 1 N–H and O–H groups in total. The van der Waals surface area contributed by atoms with E-state index < -0.39 is 16.1 Å². The number of methoxy groups -OCH3 is 1. The summed E-state index contributed by atoms with van der Waals surface area (Å²) in [6.45, 7) is 0.411. The van der Waals surface area contributed by atoms with Crippen LogP contribution in [0.4, 0.5) is 0 Å². The van der Waals surface area contributed by atoms with Crippen LogP contribution in [0.25, 0.3) is 0 Å². The van der Waals surface area contributed by atoms with Gasteiger partial charge in [0.15, 0.2) is 21.0 Å². The van der Waals surface area contributed by atoms with E-state index in [-0.39, 0.29) is 17.3 Å². The fraction of sp³-hybridized carbons (Fsp3) is 0.316. The molecule has 1 spiro atoms. The van der Waals surface area contributed by atoms with Gasteiger partial charge in [0.05, 0.1) is 12.7 Å². The molecule has 0 bridgehead atoms. The van der Waals surface area contributed by atoms with Crippen molar-refractivity contribution in [3.05, 3.63) is 54.1 Å². The van der Waals surface area contributed by atoms with E-state index in [1.54, 1.807) is 36.4 Å². The maximum Gasteiger partial charge on any atom is 0.258 e. The molecule has 4 rings (SSSR count). The van der Waals surface area contributed by atoms with Crippen molar-refractivity contribution in [2.45, 2.75) is 23.5 Å². The number of carbonyl (C=O) groups excluding carboxylic acids is 1. The summed E-state index contributed by atoms with van der Waals surface area (Å²) in [4.78, 5) is 12.6. The summed E-state index contributed by atoms with van der Waals surface area (Å²) in [6.07, 6.45) is 1.11. The number of piperidine rings is 1. The van der Waals surface area contributed by atoms with Gasteiger partial charge in [-0.3, -0.25) is 4.79 Å². The zero-order valence-corrected chi connectivity index (χ0v) is 15.7. The van der Waals surface area contributed by atoms with Crippen LogP contribution in [0.3, 0.4) is 0 Å². The highest BCUT2D eigenvalue weighted by Crippen LogP contribution is 2.35. The summed E-state index contributed by atoms with van der Waals surface area (Å²) < 4.78 is 38.8. The Labute approximate surface area is 158 Å². The number of nitrogens with zero attached hydrogens (tertiary/aromatic N) is 1. The van der Waals surface area contributed by atoms with Gasteiger partial charge in [0.25, 0.3) is 5.91 Å². The van der Waals surface area contributed by atoms with Crippen molar-refractivity contribution in [3.8, 4) is 11.5 Å². The Kier molecular flexibility index (Phi) is 4.41. The lowest BCUT2D eigenvalue weighted by Crippen LogP contribution is -2.65. The second-order valence-electron chi connectivity index (χ2n) is 6.67. The van der Waals surface area contributed by atoms with E-state index >= 15 is 0 Å². The van der Waals surface area contributed by atoms with E-state index in [1.165, 1.54) is 23.5 Å². The van der Waals surface area contributed by atoms with E-state index in [2.05, 4.69) is 5.32 Å². The molecule has 0 saturated carbocycles. The Morgan fingerprint density at radius 1 is 1.26 bits per heavy atom. The van der Waals surface area contributed by atoms with E-state index in [0.29, 0.717) is 36.4 Å². The molecule has 2 aromatic rings. The second-order valence-corrected chi connectivity index (χ2v) is 8.61. The molecule has 142 valence electrons. The van der Waals surface area contributed by atoms with Crippen molar-refractivity contribution in [1.29, 1.82) is 0 Å². The predicted octanol–water partition coefficient (Wildman–Crippen LogP) is 2.21. The van der Waals surface area contributed by atoms with Crippen molar-refractivity contribution in [1.82, 2.24) is 9.62 Å². The summed E-state index contributed by atoms with van der Waals surface area (Å²) in [5.74, 6) is 0.693. The summed E-state index contributed by atoms with van der Waals surface area (Å²) in [5, 5.41) is 2.87. The lowest BCUT2D eigenvalue weighted by molar-refractivity contribution is -0.0193. The number of para-hydroxylation sites is 1. The standard InChI is InChI=1S/C19H20N2O5S/c1-25-14-6-4-7-15(12-14)27(23,24)21-11-5-10-19(13-21)20-18(22)16-8-2-3-9-17(16)26-19/h2-4,6-9,12H,5,10-11,13H2,1H3,(H-,20,22,23,24). The molecule has 8 heteroatoms. The second kappa shape index (κ2) is 6.63. The van der Waals surface area contributed by atoms with Gasteiger partial charge in [0.1, 0.15) is 18.0 Å². The maximum absolute atomic E-state index is 13.1. The van der Waals surface area contributed by atoms with E-state index in [1.807, 2.05) is 0 Å². The molecule has 2 aliphatic rings. The van der Waals surface area contributed by atoms with Gasteiger partial charge >= 0.3 is 0 Å². The highest BCUT2D eigenvalue weighted by atomic mass is 32.3. The number of ether oxygens (including phenoxy) is 2. The zero-order chi connectivity index (χ0) is 19.1. The number of sulfonamides is 1. The first kappa shape index (κ1) is 18.0. The number of fused-ring (bicyclic) bond motifs is 1. The molecule has 1 amide bonds. The summed E-state index contributed by atoms with van der Waals surface area (Å²) in [7, 11) is -2.25. The first-order chi connectivity index (χ1) is 12.9. The summed E-state index contributed by atoms with van der Waals surface area (Å²) in [5.41, 5.74) is -0.605. The average molecular weight is 388 g/mol. The third-order valence-corrected chi connectivity index (χ3v) is 6.72. The lowest BCUT2D eigenvalue weighted by Gasteiger charge is -2.45. The Bertz CT molecular complexity index is 934. The predicted molar refractivity (Wildman–Crippen MR) is 98.2 cm³/mol. The molecule has 0 aliphatic carbocycles. The Balaban J connectivity index is 1.63. The van der Waals surface area contributed by atoms with Crippen molar-refractivity contribution in [3.63, 3.8) is 0 Å². The van der Waals surface area contributed by atoms with Crippen LogP contribution in [-0.4, -0.2) is 40.7 Å². The van der Waals surface area contributed by atoms with Gasteiger partial charge in [-0.15, -0.1) is 4.31 Å². The van der Waals surface area contributed by atoms with Crippen LogP contribution in [0.1, 0.15) is 23.2 Å². The van der Waals surface area contributed by atoms with Crippen molar-refractivity contribution in [2.75, 3.05) is 20.2 Å². The topological polar surface area (TPSA) is 90.9 Å². The van der Waals surface area contributed by atoms with Gasteiger partial charge in [-0.2, -0.15) is 0 Å². The highest BCUT2D eigenvalue weighted by molar-refractivity contribution is 7.95. The SMILES string of the molecule is COc1cccc([S+](=O)([O-])N2CCCC3(C2)NC(=O)c2ccccc2O3)c1. The minimum Gasteiger partial charge on any atom is -0.593 e. The number of carbonyl (C=O) groups is 1. The molecule has 2 aliphatic heterocycles.